The van der Waals surface area contributed by atoms with Gasteiger partial charge in [0, 0.05) is 34.7 Å². The van der Waals surface area contributed by atoms with Crippen LogP contribution < -0.4 is 19.5 Å². The second kappa shape index (κ2) is 17.2. The number of ether oxygens (including phenoxy) is 2. The van der Waals surface area contributed by atoms with Crippen LogP contribution in [0.25, 0.3) is 0 Å². The van der Waals surface area contributed by atoms with Crippen LogP contribution in [0.5, 0.6) is 11.5 Å². The number of carbonyl (C=O) groups is 1. The van der Waals surface area contributed by atoms with Crippen LogP contribution in [-0.4, -0.2) is 49.8 Å². The fourth-order valence-electron chi connectivity index (χ4n) is 9.50. The molecule has 3 aliphatic rings. The first-order valence-electron chi connectivity index (χ1n) is 20.1. The van der Waals surface area contributed by atoms with Gasteiger partial charge in [0.05, 0.1) is 19.0 Å². The maximum absolute atomic E-state index is 13.0. The van der Waals surface area contributed by atoms with E-state index in [4.69, 9.17) is 21.1 Å². The van der Waals surface area contributed by atoms with Crippen LogP contribution in [0, 0.1) is 11.8 Å². The third-order valence-corrected chi connectivity index (χ3v) is 14.0. The Bertz CT molecular complexity index is 2100. The SMILES string of the molecule is C[C@@H](COc1ccnc2c1[C@H](C)CCC2)CC1Cc2ccc(OCCCNS(=O)(=O)Cc3ccccc3)cc2C12CCC(Nc1cccc(Cl)c1)(C(=O)O)CC2. The molecule has 1 fully saturated rings. The highest BCUT2D eigenvalue weighted by atomic mass is 35.5. The summed E-state index contributed by atoms with van der Waals surface area (Å²) in [6.45, 7) is 5.78. The van der Waals surface area contributed by atoms with Gasteiger partial charge in [0.25, 0.3) is 0 Å². The second-order valence-electron chi connectivity index (χ2n) is 16.4. The summed E-state index contributed by atoms with van der Waals surface area (Å²) in [5.41, 5.74) is 5.06. The lowest BCUT2D eigenvalue weighted by molar-refractivity contribution is -0.144. The summed E-state index contributed by atoms with van der Waals surface area (Å²) in [5.74, 6) is 1.80. The van der Waals surface area contributed by atoms with Gasteiger partial charge < -0.3 is 19.9 Å². The summed E-state index contributed by atoms with van der Waals surface area (Å²) in [7, 11) is -3.46. The Morgan fingerprint density at radius 3 is 2.59 bits per heavy atom. The molecule has 298 valence electrons. The van der Waals surface area contributed by atoms with E-state index in [0.717, 1.165) is 54.9 Å². The van der Waals surface area contributed by atoms with Gasteiger partial charge in [-0.25, -0.2) is 17.9 Å². The quantitative estimate of drug-likeness (QED) is 0.0959. The zero-order valence-corrected chi connectivity index (χ0v) is 34.0. The molecule has 3 aliphatic carbocycles. The fraction of sp³-hybridized carbons (Fsp3) is 0.467. The molecule has 56 heavy (non-hydrogen) atoms. The number of pyridine rings is 1. The van der Waals surface area contributed by atoms with Crippen LogP contribution in [0.4, 0.5) is 5.69 Å². The molecule has 3 aromatic carbocycles. The molecule has 1 spiro atoms. The van der Waals surface area contributed by atoms with Gasteiger partial charge in [-0.05, 0) is 140 Å². The number of nitrogens with zero attached hydrogens (tertiary/aromatic N) is 1. The highest BCUT2D eigenvalue weighted by Crippen LogP contribution is 2.57. The monoisotopic (exact) mass is 799 g/mol. The first-order valence-corrected chi connectivity index (χ1v) is 22.1. The van der Waals surface area contributed by atoms with E-state index in [0.29, 0.717) is 67.9 Å². The summed E-state index contributed by atoms with van der Waals surface area (Å²) in [5, 5.41) is 14.6. The van der Waals surface area contributed by atoms with Crippen LogP contribution in [-0.2, 0) is 38.8 Å². The van der Waals surface area contributed by atoms with Gasteiger partial charge in [-0.15, -0.1) is 0 Å². The number of rotatable bonds is 16. The number of carboxylic acid groups (broad SMARTS) is 1. The zero-order valence-electron chi connectivity index (χ0n) is 32.4. The van der Waals surface area contributed by atoms with Gasteiger partial charge in [-0.1, -0.05) is 67.9 Å². The molecule has 11 heteroatoms. The highest BCUT2D eigenvalue weighted by Gasteiger charge is 2.54. The Morgan fingerprint density at radius 1 is 1.02 bits per heavy atom. The molecule has 4 aromatic rings. The molecule has 7 rings (SSSR count). The van der Waals surface area contributed by atoms with Crippen molar-refractivity contribution in [3.63, 3.8) is 0 Å². The first kappa shape index (κ1) is 40.1. The summed E-state index contributed by atoms with van der Waals surface area (Å²) in [6.07, 6.45) is 9.90. The van der Waals surface area contributed by atoms with E-state index in [1.807, 2.05) is 48.7 Å². The topological polar surface area (TPSA) is 127 Å². The predicted octanol–water partition coefficient (Wildman–Crippen LogP) is 9.09. The van der Waals surface area contributed by atoms with E-state index in [9.17, 15) is 18.3 Å². The van der Waals surface area contributed by atoms with Crippen molar-refractivity contribution in [2.45, 2.75) is 101 Å². The van der Waals surface area contributed by atoms with Crippen molar-refractivity contribution in [2.24, 2.45) is 11.8 Å². The van der Waals surface area contributed by atoms with E-state index >= 15 is 0 Å². The van der Waals surface area contributed by atoms with Crippen molar-refractivity contribution in [3.05, 3.63) is 118 Å². The van der Waals surface area contributed by atoms with Gasteiger partial charge in [-0.3, -0.25) is 4.98 Å². The molecule has 1 saturated carbocycles. The molecule has 0 aliphatic heterocycles. The Labute approximate surface area is 336 Å². The average Bonchev–Trinajstić information content (AvgIpc) is 3.46. The van der Waals surface area contributed by atoms with Crippen molar-refractivity contribution in [1.82, 2.24) is 9.71 Å². The van der Waals surface area contributed by atoms with Crippen molar-refractivity contribution in [3.8, 4) is 11.5 Å². The van der Waals surface area contributed by atoms with Crippen LogP contribution in [0.15, 0.2) is 85.1 Å². The number of hydrogen-bond acceptors (Lipinski definition) is 7. The molecular formula is C45H54ClN3O6S. The van der Waals surface area contributed by atoms with E-state index < -0.39 is 21.5 Å². The average molecular weight is 800 g/mol. The van der Waals surface area contributed by atoms with Gasteiger partial charge in [0.1, 0.15) is 17.0 Å². The molecule has 1 aromatic heterocycles. The van der Waals surface area contributed by atoms with E-state index in [-0.39, 0.29) is 23.6 Å². The highest BCUT2D eigenvalue weighted by molar-refractivity contribution is 7.88. The van der Waals surface area contributed by atoms with Crippen LogP contribution >= 0.6 is 11.6 Å². The Balaban J connectivity index is 1.05. The number of aryl methyl sites for hydroxylation is 1. The number of hydrogen-bond donors (Lipinski definition) is 3. The maximum atomic E-state index is 13.0. The lowest BCUT2D eigenvalue weighted by atomic mass is 9.59. The van der Waals surface area contributed by atoms with Crippen molar-refractivity contribution in [1.29, 1.82) is 0 Å². The number of benzene rings is 3. The maximum Gasteiger partial charge on any atom is 0.329 e. The summed E-state index contributed by atoms with van der Waals surface area (Å²) < 4.78 is 40.8. The fourth-order valence-corrected chi connectivity index (χ4v) is 10.9. The van der Waals surface area contributed by atoms with E-state index in [1.54, 1.807) is 24.3 Å². The smallest absolute Gasteiger partial charge is 0.329 e. The normalized spacial score (nSPS) is 23.6. The summed E-state index contributed by atoms with van der Waals surface area (Å²) >= 11 is 6.29. The van der Waals surface area contributed by atoms with Crippen molar-refractivity contribution < 1.29 is 27.8 Å². The number of sulfonamides is 1. The molecule has 0 saturated heterocycles. The molecule has 3 N–H and O–H groups in total. The number of aliphatic carboxylic acids is 1. The molecule has 1 unspecified atom stereocenters. The van der Waals surface area contributed by atoms with Gasteiger partial charge in [-0.2, -0.15) is 0 Å². The van der Waals surface area contributed by atoms with E-state index in [1.165, 1.54) is 16.7 Å². The van der Waals surface area contributed by atoms with Gasteiger partial charge >= 0.3 is 5.97 Å². The number of aromatic nitrogens is 1. The van der Waals surface area contributed by atoms with Crippen LogP contribution in [0.2, 0.25) is 5.02 Å². The molecular weight excluding hydrogens is 746 g/mol. The lowest BCUT2D eigenvalue weighted by Crippen LogP contribution is -2.53. The minimum atomic E-state index is -3.46. The summed E-state index contributed by atoms with van der Waals surface area (Å²) in [6, 6.07) is 24.8. The molecule has 0 amide bonds. The minimum Gasteiger partial charge on any atom is -0.494 e. The number of fused-ring (bicyclic) bond motifs is 3. The third-order valence-electron chi connectivity index (χ3n) is 12.4. The largest absolute Gasteiger partial charge is 0.494 e. The van der Waals surface area contributed by atoms with Crippen LogP contribution in [0.1, 0.15) is 99.1 Å². The Hall–Kier alpha value is -4.12. The van der Waals surface area contributed by atoms with Crippen LogP contribution in [0.3, 0.4) is 0 Å². The van der Waals surface area contributed by atoms with Crippen molar-refractivity contribution >= 4 is 33.3 Å². The number of anilines is 1. The predicted molar refractivity (Wildman–Crippen MR) is 221 cm³/mol. The Kier molecular flexibility index (Phi) is 12.3. The lowest BCUT2D eigenvalue weighted by Gasteiger charge is -2.47. The molecule has 3 atom stereocenters. The minimum absolute atomic E-state index is 0.0593. The van der Waals surface area contributed by atoms with E-state index in [2.05, 4.69) is 41.0 Å². The number of halogens is 1. The zero-order chi connectivity index (χ0) is 39.3. The van der Waals surface area contributed by atoms with Gasteiger partial charge in [0.2, 0.25) is 10.0 Å². The first-order chi connectivity index (χ1) is 27.0. The number of carboxylic acids is 1. The second-order valence-corrected chi connectivity index (χ2v) is 18.6. The summed E-state index contributed by atoms with van der Waals surface area (Å²) in [4.78, 5) is 17.7. The standard InChI is InChI=1S/C45H54ClN3O6S/c1-31(29-55-41-17-23-47-40-14-6-9-32(2)42(40)41)25-35-26-34-15-16-38(54-24-8-22-48-56(52,53)30-33-10-4-3-5-11-33)28-39(34)44(35)18-20-45(21-19-44,43(50)51)49-37-13-7-12-36(46)27-37/h3-5,7,10-13,15-17,23,27-28,31-32,35,48-49H,6,8-9,14,18-22,24-26,29-30H2,1-2H3,(H,50,51)/t31-,32-,35?,44?,45?/m1/s1. The molecule has 0 radical (unpaired) electrons. The molecule has 1 heterocycles. The Morgan fingerprint density at radius 2 is 1.82 bits per heavy atom. The third kappa shape index (κ3) is 9.03. The molecule has 0 bridgehead atoms. The van der Waals surface area contributed by atoms with Gasteiger partial charge in [0.15, 0.2) is 0 Å². The van der Waals surface area contributed by atoms with Crippen molar-refractivity contribution in [2.75, 3.05) is 25.1 Å². The number of nitrogens with one attached hydrogen (secondary N) is 2. The molecule has 9 nitrogen and oxygen atoms in total.